The number of para-hydroxylation sites is 1. The van der Waals surface area contributed by atoms with Gasteiger partial charge in [0, 0.05) is 0 Å². The average Bonchev–Trinajstić information content (AvgIpc) is 3.21. The SMILES string of the molecule is CCCc1cc(Oc2ccccc2)ccc1OCCCCOc1ccc(C2SC(=O)NC2=O)cc1Cl. The van der Waals surface area contributed by atoms with Crippen LogP contribution in [-0.4, -0.2) is 24.4 Å². The van der Waals surface area contributed by atoms with E-state index in [0.29, 0.717) is 29.5 Å². The quantitative estimate of drug-likeness (QED) is 0.249. The van der Waals surface area contributed by atoms with Gasteiger partial charge in [-0.1, -0.05) is 49.2 Å². The predicted molar refractivity (Wildman–Crippen MR) is 142 cm³/mol. The van der Waals surface area contributed by atoms with Gasteiger partial charge in [-0.2, -0.15) is 0 Å². The van der Waals surface area contributed by atoms with Crippen molar-refractivity contribution >= 4 is 34.5 Å². The number of hydrogen-bond donors (Lipinski definition) is 1. The standard InChI is InChI=1S/C28H28ClNO5S/c1-2-8-19-17-22(35-21-9-4-3-5-10-21)12-14-24(19)33-15-6-7-16-34-25-13-11-20(18-23(25)29)26-27(31)30-28(32)36-26/h3-5,9-14,17-18,26H,2,6-8,15-16H2,1H3,(H,30,31,32). The first-order valence-electron chi connectivity index (χ1n) is 12.0. The molecular weight excluding hydrogens is 498 g/mol. The number of carbonyl (C=O) groups excluding carboxylic acids is 2. The molecule has 2 amide bonds. The molecule has 1 aliphatic rings. The van der Waals surface area contributed by atoms with E-state index in [1.807, 2.05) is 48.5 Å². The van der Waals surface area contributed by atoms with Gasteiger partial charge < -0.3 is 14.2 Å². The molecule has 0 aliphatic carbocycles. The van der Waals surface area contributed by atoms with E-state index in [9.17, 15) is 9.59 Å². The minimum Gasteiger partial charge on any atom is -0.493 e. The summed E-state index contributed by atoms with van der Waals surface area (Å²) in [4.78, 5) is 23.3. The lowest BCUT2D eigenvalue weighted by Gasteiger charge is -2.14. The van der Waals surface area contributed by atoms with E-state index in [-0.39, 0.29) is 11.1 Å². The highest BCUT2D eigenvalue weighted by Crippen LogP contribution is 2.37. The maximum absolute atomic E-state index is 11.9. The second-order valence-corrected chi connectivity index (χ2v) is 9.79. The van der Waals surface area contributed by atoms with Crippen LogP contribution in [0.3, 0.4) is 0 Å². The van der Waals surface area contributed by atoms with Gasteiger partial charge in [-0.05, 0) is 84.6 Å². The number of amides is 2. The molecule has 0 saturated carbocycles. The summed E-state index contributed by atoms with van der Waals surface area (Å²) < 4.78 is 17.8. The molecule has 1 aliphatic heterocycles. The third-order valence-corrected chi connectivity index (χ3v) is 6.86. The molecule has 0 aromatic heterocycles. The minimum absolute atomic E-state index is 0.324. The highest BCUT2D eigenvalue weighted by atomic mass is 35.5. The maximum Gasteiger partial charge on any atom is 0.286 e. The van der Waals surface area contributed by atoms with E-state index < -0.39 is 5.25 Å². The lowest BCUT2D eigenvalue weighted by atomic mass is 10.1. The van der Waals surface area contributed by atoms with Crippen LogP contribution in [0.5, 0.6) is 23.0 Å². The molecule has 0 spiro atoms. The molecule has 3 aromatic rings. The van der Waals surface area contributed by atoms with Gasteiger partial charge >= 0.3 is 0 Å². The van der Waals surface area contributed by atoms with E-state index in [1.54, 1.807) is 18.2 Å². The highest BCUT2D eigenvalue weighted by molar-refractivity contribution is 8.15. The van der Waals surface area contributed by atoms with Crippen LogP contribution in [0.2, 0.25) is 5.02 Å². The molecule has 1 heterocycles. The Balaban J connectivity index is 1.23. The molecule has 1 saturated heterocycles. The molecule has 36 heavy (non-hydrogen) atoms. The van der Waals surface area contributed by atoms with Gasteiger partial charge in [0.2, 0.25) is 5.91 Å². The summed E-state index contributed by atoms with van der Waals surface area (Å²) in [5.74, 6) is 2.71. The van der Waals surface area contributed by atoms with Crippen molar-refractivity contribution < 1.29 is 23.8 Å². The molecule has 1 atom stereocenters. The first kappa shape index (κ1) is 25.9. The molecule has 1 unspecified atom stereocenters. The number of nitrogens with one attached hydrogen (secondary N) is 1. The van der Waals surface area contributed by atoms with E-state index in [2.05, 4.69) is 12.2 Å². The van der Waals surface area contributed by atoms with E-state index >= 15 is 0 Å². The topological polar surface area (TPSA) is 73.9 Å². The van der Waals surface area contributed by atoms with Crippen LogP contribution in [0, 0.1) is 0 Å². The van der Waals surface area contributed by atoms with Gasteiger partial charge in [0.15, 0.2) is 0 Å². The highest BCUT2D eigenvalue weighted by Gasteiger charge is 2.33. The summed E-state index contributed by atoms with van der Waals surface area (Å²) in [5.41, 5.74) is 1.81. The van der Waals surface area contributed by atoms with Crippen LogP contribution in [-0.2, 0) is 11.2 Å². The van der Waals surface area contributed by atoms with Gasteiger partial charge in [0.05, 0.1) is 18.2 Å². The zero-order chi connectivity index (χ0) is 25.3. The molecule has 0 bridgehead atoms. The van der Waals surface area contributed by atoms with Gasteiger partial charge in [0.1, 0.15) is 28.2 Å². The monoisotopic (exact) mass is 525 g/mol. The maximum atomic E-state index is 11.9. The predicted octanol–water partition coefficient (Wildman–Crippen LogP) is 7.35. The first-order valence-corrected chi connectivity index (χ1v) is 13.2. The zero-order valence-electron chi connectivity index (χ0n) is 20.0. The molecule has 6 nitrogen and oxygen atoms in total. The second kappa shape index (κ2) is 12.7. The Morgan fingerprint density at radius 2 is 1.61 bits per heavy atom. The van der Waals surface area contributed by atoms with Gasteiger partial charge in [-0.25, -0.2) is 0 Å². The van der Waals surface area contributed by atoms with Crippen LogP contribution in [0.4, 0.5) is 4.79 Å². The molecule has 0 radical (unpaired) electrons. The number of rotatable bonds is 12. The van der Waals surface area contributed by atoms with Crippen molar-refractivity contribution in [1.82, 2.24) is 5.32 Å². The minimum atomic E-state index is -0.572. The Bertz CT molecular complexity index is 1200. The molecule has 1 N–H and O–H groups in total. The van der Waals surface area contributed by atoms with Crippen molar-refractivity contribution in [2.24, 2.45) is 0 Å². The summed E-state index contributed by atoms with van der Waals surface area (Å²) in [6.07, 6.45) is 3.55. The van der Waals surface area contributed by atoms with Crippen LogP contribution in [0.1, 0.15) is 42.6 Å². The summed E-state index contributed by atoms with van der Waals surface area (Å²) >= 11 is 7.29. The summed E-state index contributed by atoms with van der Waals surface area (Å²) in [6, 6.07) is 20.9. The van der Waals surface area contributed by atoms with Gasteiger partial charge in [-0.3, -0.25) is 14.9 Å². The number of thioether (sulfide) groups is 1. The van der Waals surface area contributed by atoms with Crippen LogP contribution >= 0.6 is 23.4 Å². The fraction of sp³-hybridized carbons (Fsp3) is 0.286. The lowest BCUT2D eigenvalue weighted by molar-refractivity contribution is -0.119. The third-order valence-electron chi connectivity index (χ3n) is 5.53. The number of carbonyl (C=O) groups is 2. The molecule has 188 valence electrons. The number of imide groups is 1. The number of benzene rings is 3. The first-order chi connectivity index (χ1) is 17.5. The Hall–Kier alpha value is -3.16. The zero-order valence-corrected chi connectivity index (χ0v) is 21.6. The number of aryl methyl sites for hydroxylation is 1. The molecule has 1 fully saturated rings. The largest absolute Gasteiger partial charge is 0.493 e. The summed E-state index contributed by atoms with van der Waals surface area (Å²) in [7, 11) is 0. The van der Waals surface area contributed by atoms with Crippen molar-refractivity contribution in [2.45, 2.75) is 37.9 Å². The van der Waals surface area contributed by atoms with Crippen molar-refractivity contribution in [3.8, 4) is 23.0 Å². The molecule has 8 heteroatoms. The molecule has 4 rings (SSSR count). The van der Waals surface area contributed by atoms with Crippen molar-refractivity contribution in [3.05, 3.63) is 82.9 Å². The van der Waals surface area contributed by atoms with Crippen molar-refractivity contribution in [2.75, 3.05) is 13.2 Å². The van der Waals surface area contributed by atoms with E-state index in [1.165, 1.54) is 0 Å². The second-order valence-electron chi connectivity index (χ2n) is 8.30. The van der Waals surface area contributed by atoms with Gasteiger partial charge in [-0.15, -0.1) is 0 Å². The Labute approximate surface area is 220 Å². The average molecular weight is 526 g/mol. The Morgan fingerprint density at radius 1 is 0.889 bits per heavy atom. The number of ether oxygens (including phenoxy) is 3. The number of hydrogen-bond acceptors (Lipinski definition) is 6. The van der Waals surface area contributed by atoms with Crippen LogP contribution in [0.15, 0.2) is 66.7 Å². The van der Waals surface area contributed by atoms with Gasteiger partial charge in [0.25, 0.3) is 5.24 Å². The number of halogens is 1. The van der Waals surface area contributed by atoms with Crippen LogP contribution in [0.25, 0.3) is 0 Å². The molecular formula is C28H28ClNO5S. The smallest absolute Gasteiger partial charge is 0.286 e. The van der Waals surface area contributed by atoms with Crippen LogP contribution < -0.4 is 19.5 Å². The normalized spacial score (nSPS) is 15.0. The van der Waals surface area contributed by atoms with E-state index in [4.69, 9.17) is 25.8 Å². The fourth-order valence-electron chi connectivity index (χ4n) is 3.79. The number of unbranched alkanes of at least 4 members (excludes halogenated alkanes) is 1. The van der Waals surface area contributed by atoms with E-state index in [0.717, 1.165) is 60.3 Å². The third kappa shape index (κ3) is 6.95. The summed E-state index contributed by atoms with van der Waals surface area (Å²) in [6.45, 7) is 3.21. The molecule has 3 aromatic carbocycles. The van der Waals surface area contributed by atoms with Crippen molar-refractivity contribution in [1.29, 1.82) is 0 Å². The van der Waals surface area contributed by atoms with Crippen molar-refractivity contribution in [3.63, 3.8) is 0 Å². The Kier molecular flexibility index (Phi) is 9.14. The lowest BCUT2D eigenvalue weighted by Crippen LogP contribution is -2.20. The summed E-state index contributed by atoms with van der Waals surface area (Å²) in [5, 5.41) is 1.78. The Morgan fingerprint density at radius 3 is 2.28 bits per heavy atom. The fourth-order valence-corrected chi connectivity index (χ4v) is 4.86.